The molecule has 2 heterocycles. The van der Waals surface area contributed by atoms with Gasteiger partial charge >= 0.3 is 0 Å². The van der Waals surface area contributed by atoms with Gasteiger partial charge in [0.05, 0.1) is 0 Å². The molecule has 0 unspecified atom stereocenters. The quantitative estimate of drug-likeness (QED) is 0.694. The number of halogens is 1. The van der Waals surface area contributed by atoms with E-state index in [1.54, 1.807) is 25.1 Å². The van der Waals surface area contributed by atoms with Crippen molar-refractivity contribution in [3.05, 3.63) is 41.9 Å². The second kappa shape index (κ2) is 4.06. The SMILES string of the molecule is Cc1cc(-c2nnc(-c3cccc(F)c3)o2)no1. The van der Waals surface area contributed by atoms with Crippen molar-refractivity contribution < 1.29 is 13.3 Å². The highest BCUT2D eigenvalue weighted by Gasteiger charge is 2.13. The van der Waals surface area contributed by atoms with Gasteiger partial charge in [0.25, 0.3) is 5.89 Å². The average Bonchev–Trinajstić information content (AvgIpc) is 2.97. The first-order valence-corrected chi connectivity index (χ1v) is 5.25. The van der Waals surface area contributed by atoms with E-state index in [4.69, 9.17) is 8.94 Å². The van der Waals surface area contributed by atoms with E-state index in [1.165, 1.54) is 12.1 Å². The maximum Gasteiger partial charge on any atom is 0.270 e. The maximum atomic E-state index is 13.1. The largest absolute Gasteiger partial charge is 0.414 e. The normalized spacial score (nSPS) is 10.8. The van der Waals surface area contributed by atoms with Gasteiger partial charge in [0.2, 0.25) is 5.89 Å². The van der Waals surface area contributed by atoms with Crippen LogP contribution >= 0.6 is 0 Å². The van der Waals surface area contributed by atoms with E-state index in [-0.39, 0.29) is 17.6 Å². The summed E-state index contributed by atoms with van der Waals surface area (Å²) in [5.74, 6) is 0.774. The second-order valence-electron chi connectivity index (χ2n) is 3.75. The van der Waals surface area contributed by atoms with Gasteiger partial charge in [0.1, 0.15) is 11.6 Å². The average molecular weight is 245 g/mol. The van der Waals surface area contributed by atoms with Gasteiger partial charge in [-0.3, -0.25) is 0 Å². The Bertz CT molecular complexity index is 690. The van der Waals surface area contributed by atoms with Crippen molar-refractivity contribution in [1.82, 2.24) is 15.4 Å². The summed E-state index contributed by atoms with van der Waals surface area (Å²) >= 11 is 0. The highest BCUT2D eigenvalue weighted by Crippen LogP contribution is 2.23. The van der Waals surface area contributed by atoms with Gasteiger partial charge in [0, 0.05) is 11.6 Å². The molecule has 1 aromatic carbocycles. The number of hydrogen-bond donors (Lipinski definition) is 0. The van der Waals surface area contributed by atoms with Crippen molar-refractivity contribution in [2.24, 2.45) is 0 Å². The number of nitrogens with zero attached hydrogens (tertiary/aromatic N) is 3. The van der Waals surface area contributed by atoms with Crippen molar-refractivity contribution in [3.8, 4) is 23.0 Å². The fraction of sp³-hybridized carbons (Fsp3) is 0.0833. The van der Waals surface area contributed by atoms with Crippen LogP contribution in [-0.2, 0) is 0 Å². The topological polar surface area (TPSA) is 65.0 Å². The number of rotatable bonds is 2. The van der Waals surface area contributed by atoms with E-state index < -0.39 is 0 Å². The summed E-state index contributed by atoms with van der Waals surface area (Å²) in [6, 6.07) is 7.62. The van der Waals surface area contributed by atoms with Crippen molar-refractivity contribution in [2.45, 2.75) is 6.92 Å². The lowest BCUT2D eigenvalue weighted by Gasteiger charge is -1.93. The Morgan fingerprint density at radius 3 is 2.67 bits per heavy atom. The summed E-state index contributed by atoms with van der Waals surface area (Å²) in [6.07, 6.45) is 0. The molecule has 0 fully saturated rings. The van der Waals surface area contributed by atoms with E-state index in [0.717, 1.165) is 0 Å². The predicted octanol–water partition coefficient (Wildman–Crippen LogP) is 2.84. The fourth-order valence-corrected chi connectivity index (χ4v) is 1.53. The van der Waals surface area contributed by atoms with Crippen LogP contribution in [0.4, 0.5) is 4.39 Å². The number of aryl methyl sites for hydroxylation is 1. The first-order chi connectivity index (χ1) is 8.72. The van der Waals surface area contributed by atoms with Crippen molar-refractivity contribution in [2.75, 3.05) is 0 Å². The molecule has 18 heavy (non-hydrogen) atoms. The van der Waals surface area contributed by atoms with E-state index >= 15 is 0 Å². The van der Waals surface area contributed by atoms with Gasteiger partial charge in [0.15, 0.2) is 5.69 Å². The lowest BCUT2D eigenvalue weighted by molar-refractivity contribution is 0.397. The molecule has 0 amide bonds. The Hall–Kier alpha value is -2.50. The first kappa shape index (κ1) is 10.6. The molecule has 5 nitrogen and oxygen atoms in total. The molecule has 2 aromatic heterocycles. The molecular weight excluding hydrogens is 237 g/mol. The smallest absolute Gasteiger partial charge is 0.270 e. The summed E-state index contributed by atoms with van der Waals surface area (Å²) in [4.78, 5) is 0. The zero-order chi connectivity index (χ0) is 12.5. The summed E-state index contributed by atoms with van der Waals surface area (Å²) in [7, 11) is 0. The molecule has 0 saturated carbocycles. The van der Waals surface area contributed by atoms with Gasteiger partial charge in [-0.1, -0.05) is 11.2 Å². The van der Waals surface area contributed by atoms with Crippen LogP contribution in [0.15, 0.2) is 39.3 Å². The molecule has 3 rings (SSSR count). The molecule has 0 saturated heterocycles. The molecule has 0 atom stereocenters. The zero-order valence-corrected chi connectivity index (χ0v) is 9.42. The fourth-order valence-electron chi connectivity index (χ4n) is 1.53. The third-order valence-corrected chi connectivity index (χ3v) is 2.34. The van der Waals surface area contributed by atoms with Crippen molar-refractivity contribution in [3.63, 3.8) is 0 Å². The Balaban J connectivity index is 1.99. The number of benzene rings is 1. The molecule has 0 aliphatic heterocycles. The van der Waals surface area contributed by atoms with Crippen LogP contribution in [0.3, 0.4) is 0 Å². The van der Waals surface area contributed by atoms with Crippen LogP contribution in [0, 0.1) is 12.7 Å². The minimum absolute atomic E-state index is 0.241. The van der Waals surface area contributed by atoms with Crippen LogP contribution in [0.25, 0.3) is 23.0 Å². The molecule has 0 aliphatic carbocycles. The van der Waals surface area contributed by atoms with Gasteiger partial charge in [-0.05, 0) is 25.1 Å². The molecule has 3 aromatic rings. The zero-order valence-electron chi connectivity index (χ0n) is 9.42. The molecule has 0 N–H and O–H groups in total. The minimum atomic E-state index is -0.357. The Morgan fingerprint density at radius 2 is 1.94 bits per heavy atom. The Kier molecular flexibility index (Phi) is 2.40. The third-order valence-electron chi connectivity index (χ3n) is 2.34. The van der Waals surface area contributed by atoms with Gasteiger partial charge in [-0.15, -0.1) is 10.2 Å². The molecule has 0 bridgehead atoms. The number of hydrogen-bond acceptors (Lipinski definition) is 5. The van der Waals surface area contributed by atoms with Crippen LogP contribution in [-0.4, -0.2) is 15.4 Å². The van der Waals surface area contributed by atoms with Crippen LogP contribution in [0.5, 0.6) is 0 Å². The lowest BCUT2D eigenvalue weighted by Crippen LogP contribution is -1.79. The van der Waals surface area contributed by atoms with Crippen LogP contribution in [0.2, 0.25) is 0 Å². The van der Waals surface area contributed by atoms with E-state index in [1.807, 2.05) is 0 Å². The molecule has 0 spiro atoms. The Morgan fingerprint density at radius 1 is 1.11 bits per heavy atom. The summed E-state index contributed by atoms with van der Waals surface area (Å²) in [6.45, 7) is 1.76. The standard InChI is InChI=1S/C12H8FN3O2/c1-7-5-10(16-18-7)12-15-14-11(17-12)8-3-2-4-9(13)6-8/h2-6H,1H3. The highest BCUT2D eigenvalue weighted by atomic mass is 19.1. The molecular formula is C12H8FN3O2. The molecule has 6 heteroatoms. The monoisotopic (exact) mass is 245 g/mol. The second-order valence-corrected chi connectivity index (χ2v) is 3.75. The lowest BCUT2D eigenvalue weighted by atomic mass is 10.2. The van der Waals surface area contributed by atoms with Crippen molar-refractivity contribution in [1.29, 1.82) is 0 Å². The van der Waals surface area contributed by atoms with Crippen LogP contribution < -0.4 is 0 Å². The summed E-state index contributed by atoms with van der Waals surface area (Å²) < 4.78 is 23.4. The first-order valence-electron chi connectivity index (χ1n) is 5.25. The van der Waals surface area contributed by atoms with E-state index in [0.29, 0.717) is 17.0 Å². The molecule has 0 radical (unpaired) electrons. The third kappa shape index (κ3) is 1.88. The minimum Gasteiger partial charge on any atom is -0.414 e. The van der Waals surface area contributed by atoms with Gasteiger partial charge < -0.3 is 8.94 Å². The van der Waals surface area contributed by atoms with Gasteiger partial charge in [-0.25, -0.2) is 4.39 Å². The Labute approximate surface area is 101 Å². The predicted molar refractivity (Wildman–Crippen MR) is 59.9 cm³/mol. The summed E-state index contributed by atoms with van der Waals surface area (Å²) in [5, 5.41) is 11.5. The van der Waals surface area contributed by atoms with E-state index in [9.17, 15) is 4.39 Å². The number of aromatic nitrogens is 3. The summed E-state index contributed by atoms with van der Waals surface area (Å²) in [5.41, 5.74) is 0.983. The van der Waals surface area contributed by atoms with Gasteiger partial charge in [-0.2, -0.15) is 0 Å². The molecule has 90 valence electrons. The highest BCUT2D eigenvalue weighted by molar-refractivity contribution is 5.55. The molecule has 0 aliphatic rings. The van der Waals surface area contributed by atoms with Crippen LogP contribution in [0.1, 0.15) is 5.76 Å². The maximum absolute atomic E-state index is 13.1. The van der Waals surface area contributed by atoms with Crippen molar-refractivity contribution >= 4 is 0 Å². The van der Waals surface area contributed by atoms with E-state index in [2.05, 4.69) is 15.4 Å².